The Bertz CT molecular complexity index is 462. The third-order valence-corrected chi connectivity index (χ3v) is 3.19. The van der Waals surface area contributed by atoms with E-state index in [1.54, 1.807) is 18.2 Å². The summed E-state index contributed by atoms with van der Waals surface area (Å²) in [7, 11) is -3.90. The molecule has 90 valence electrons. The normalized spacial score (nSPS) is 11.4. The molecule has 2 N–H and O–H groups in total. The van der Waals surface area contributed by atoms with Gasteiger partial charge in [-0.3, -0.25) is 4.55 Å². The molecule has 0 aliphatic carbocycles. The molecule has 0 spiro atoms. The molecule has 0 heterocycles. The van der Waals surface area contributed by atoms with E-state index >= 15 is 0 Å². The second-order valence-electron chi connectivity index (χ2n) is 3.19. The summed E-state index contributed by atoms with van der Waals surface area (Å²) in [5.41, 5.74) is 0.643. The van der Waals surface area contributed by atoms with Crippen molar-refractivity contribution in [2.24, 2.45) is 0 Å². The van der Waals surface area contributed by atoms with Gasteiger partial charge in [0, 0.05) is 11.6 Å². The van der Waals surface area contributed by atoms with E-state index in [9.17, 15) is 8.42 Å². The van der Waals surface area contributed by atoms with Crippen LogP contribution in [-0.4, -0.2) is 25.3 Å². The van der Waals surface area contributed by atoms with Crippen LogP contribution in [-0.2, 0) is 10.1 Å². The van der Waals surface area contributed by atoms with E-state index in [0.29, 0.717) is 28.7 Å². The first-order chi connectivity index (χ1) is 7.38. The van der Waals surface area contributed by atoms with Crippen molar-refractivity contribution in [3.05, 3.63) is 28.2 Å². The zero-order valence-electron chi connectivity index (χ0n) is 8.28. The molecular formula is C9H11Cl2NO3S. The highest BCUT2D eigenvalue weighted by atomic mass is 35.5. The summed E-state index contributed by atoms with van der Waals surface area (Å²) in [6.45, 7) is 0.389. The Hall–Kier alpha value is -0.490. The van der Waals surface area contributed by atoms with Gasteiger partial charge >= 0.3 is 0 Å². The summed E-state index contributed by atoms with van der Waals surface area (Å²) in [6, 6.07) is 4.96. The maximum absolute atomic E-state index is 10.4. The molecule has 0 aliphatic heterocycles. The Morgan fingerprint density at radius 1 is 1.31 bits per heavy atom. The summed E-state index contributed by atoms with van der Waals surface area (Å²) in [6.07, 6.45) is 0.293. The lowest BCUT2D eigenvalue weighted by atomic mass is 10.3. The van der Waals surface area contributed by atoms with E-state index < -0.39 is 10.1 Å². The van der Waals surface area contributed by atoms with E-state index in [0.717, 1.165) is 0 Å². The molecular weight excluding hydrogens is 273 g/mol. The van der Waals surface area contributed by atoms with Gasteiger partial charge in [0.05, 0.1) is 16.5 Å². The van der Waals surface area contributed by atoms with Crippen molar-refractivity contribution in [1.82, 2.24) is 0 Å². The molecule has 0 aromatic heterocycles. The molecule has 1 aromatic rings. The van der Waals surface area contributed by atoms with Crippen LogP contribution in [0.1, 0.15) is 6.42 Å². The van der Waals surface area contributed by atoms with Crippen molar-refractivity contribution >= 4 is 39.0 Å². The fourth-order valence-corrected chi connectivity index (χ4v) is 1.98. The van der Waals surface area contributed by atoms with Crippen LogP contribution in [0.2, 0.25) is 10.0 Å². The largest absolute Gasteiger partial charge is 0.384 e. The van der Waals surface area contributed by atoms with Crippen molar-refractivity contribution in [3.8, 4) is 0 Å². The van der Waals surface area contributed by atoms with Crippen LogP contribution >= 0.6 is 23.2 Å². The first-order valence-electron chi connectivity index (χ1n) is 4.52. The lowest BCUT2D eigenvalue weighted by Gasteiger charge is -2.07. The average Bonchev–Trinajstić information content (AvgIpc) is 2.16. The van der Waals surface area contributed by atoms with E-state index in [1.165, 1.54) is 0 Å². The van der Waals surface area contributed by atoms with Gasteiger partial charge in [0.25, 0.3) is 10.1 Å². The van der Waals surface area contributed by atoms with Gasteiger partial charge in [-0.15, -0.1) is 0 Å². The molecule has 1 rings (SSSR count). The number of hydrogen-bond acceptors (Lipinski definition) is 3. The Kier molecular flexibility index (Phi) is 4.86. The Labute approximate surface area is 104 Å². The smallest absolute Gasteiger partial charge is 0.264 e. The van der Waals surface area contributed by atoms with E-state index in [4.69, 9.17) is 27.8 Å². The number of nitrogens with one attached hydrogen (secondary N) is 1. The van der Waals surface area contributed by atoms with Crippen LogP contribution in [0.4, 0.5) is 5.69 Å². The minimum Gasteiger partial charge on any atom is -0.384 e. The molecule has 1 aromatic carbocycles. The molecule has 7 heteroatoms. The van der Waals surface area contributed by atoms with Crippen LogP contribution < -0.4 is 5.32 Å². The summed E-state index contributed by atoms with van der Waals surface area (Å²) in [5.74, 6) is -0.280. The summed E-state index contributed by atoms with van der Waals surface area (Å²) in [4.78, 5) is 0. The topological polar surface area (TPSA) is 66.4 Å². The number of anilines is 1. The van der Waals surface area contributed by atoms with Crippen LogP contribution in [0.5, 0.6) is 0 Å². The van der Waals surface area contributed by atoms with E-state index in [1.807, 2.05) is 0 Å². The van der Waals surface area contributed by atoms with Gasteiger partial charge in [-0.1, -0.05) is 23.2 Å². The minimum atomic E-state index is -3.90. The molecule has 0 amide bonds. The van der Waals surface area contributed by atoms with Crippen molar-refractivity contribution < 1.29 is 13.0 Å². The summed E-state index contributed by atoms with van der Waals surface area (Å²) < 4.78 is 29.4. The second kappa shape index (κ2) is 5.72. The average molecular weight is 284 g/mol. The van der Waals surface area contributed by atoms with Crippen LogP contribution in [0.3, 0.4) is 0 Å². The lowest BCUT2D eigenvalue weighted by Crippen LogP contribution is -2.10. The highest BCUT2D eigenvalue weighted by molar-refractivity contribution is 7.85. The van der Waals surface area contributed by atoms with Gasteiger partial charge in [0.15, 0.2) is 0 Å². The maximum Gasteiger partial charge on any atom is 0.264 e. The van der Waals surface area contributed by atoms with Crippen LogP contribution in [0, 0.1) is 0 Å². The Morgan fingerprint density at radius 3 is 2.62 bits per heavy atom. The molecule has 0 atom stereocenters. The molecule has 0 fully saturated rings. The second-order valence-corrected chi connectivity index (χ2v) is 5.61. The molecule has 0 aliphatic rings. The minimum absolute atomic E-state index is 0.280. The molecule has 0 unspecified atom stereocenters. The molecule has 0 radical (unpaired) electrons. The number of benzene rings is 1. The van der Waals surface area contributed by atoms with Gasteiger partial charge in [-0.2, -0.15) is 8.42 Å². The van der Waals surface area contributed by atoms with Gasteiger partial charge in [0.1, 0.15) is 0 Å². The van der Waals surface area contributed by atoms with Gasteiger partial charge < -0.3 is 5.32 Å². The van der Waals surface area contributed by atoms with Crippen molar-refractivity contribution in [1.29, 1.82) is 0 Å². The van der Waals surface area contributed by atoms with Gasteiger partial charge in [-0.25, -0.2) is 0 Å². The van der Waals surface area contributed by atoms with Gasteiger partial charge in [0.2, 0.25) is 0 Å². The highest BCUT2D eigenvalue weighted by Crippen LogP contribution is 2.25. The predicted molar refractivity (Wildman–Crippen MR) is 66.0 cm³/mol. The van der Waals surface area contributed by atoms with Crippen LogP contribution in [0.15, 0.2) is 18.2 Å². The maximum atomic E-state index is 10.4. The number of halogens is 2. The quantitative estimate of drug-likeness (QED) is 0.644. The molecule has 0 saturated carbocycles. The highest BCUT2D eigenvalue weighted by Gasteiger charge is 2.04. The van der Waals surface area contributed by atoms with Crippen molar-refractivity contribution in [2.45, 2.75) is 6.42 Å². The zero-order valence-corrected chi connectivity index (χ0v) is 10.6. The third kappa shape index (κ3) is 5.03. The molecule has 4 nitrogen and oxygen atoms in total. The fourth-order valence-electron chi connectivity index (χ4n) is 1.11. The predicted octanol–water partition coefficient (Wildman–Crippen LogP) is 2.68. The molecule has 16 heavy (non-hydrogen) atoms. The molecule has 0 saturated heterocycles. The number of rotatable bonds is 5. The standard InChI is InChI=1S/C9H11Cl2NO3S/c10-7-2-3-8(11)9(6-7)12-4-1-5-16(13,14)15/h2-3,6,12H,1,4-5H2,(H,13,14,15). The number of hydrogen-bond donors (Lipinski definition) is 2. The fraction of sp³-hybridized carbons (Fsp3) is 0.333. The third-order valence-electron chi connectivity index (χ3n) is 1.82. The Morgan fingerprint density at radius 2 is 2.00 bits per heavy atom. The van der Waals surface area contributed by atoms with Crippen molar-refractivity contribution in [2.75, 3.05) is 17.6 Å². The Balaban J connectivity index is 2.46. The SMILES string of the molecule is O=S(=O)(O)CCCNc1cc(Cl)ccc1Cl. The zero-order chi connectivity index (χ0) is 12.2. The van der Waals surface area contributed by atoms with Gasteiger partial charge in [-0.05, 0) is 24.6 Å². The van der Waals surface area contributed by atoms with Crippen molar-refractivity contribution in [3.63, 3.8) is 0 Å². The monoisotopic (exact) mass is 283 g/mol. The summed E-state index contributed by atoms with van der Waals surface area (Å²) >= 11 is 11.6. The first kappa shape index (κ1) is 13.6. The van der Waals surface area contributed by atoms with E-state index in [-0.39, 0.29) is 5.75 Å². The summed E-state index contributed by atoms with van der Waals surface area (Å²) in [5, 5.41) is 3.99. The molecule has 0 bridgehead atoms. The lowest BCUT2D eigenvalue weighted by molar-refractivity contribution is 0.481. The first-order valence-corrected chi connectivity index (χ1v) is 6.89. The van der Waals surface area contributed by atoms with E-state index in [2.05, 4.69) is 5.32 Å². The van der Waals surface area contributed by atoms with Crippen LogP contribution in [0.25, 0.3) is 0 Å².